The molecule has 3 nitrogen and oxygen atoms in total. The van der Waals surface area contributed by atoms with Crippen molar-refractivity contribution < 1.29 is 4.74 Å². The number of halogens is 1. The summed E-state index contributed by atoms with van der Waals surface area (Å²) >= 11 is 7.26. The van der Waals surface area contributed by atoms with Crippen molar-refractivity contribution in [1.29, 1.82) is 0 Å². The summed E-state index contributed by atoms with van der Waals surface area (Å²) in [6.45, 7) is 7.01. The van der Waals surface area contributed by atoms with Crippen LogP contribution in [0.4, 0.5) is 5.69 Å². The minimum Gasteiger partial charge on any atom is -0.489 e. The van der Waals surface area contributed by atoms with Gasteiger partial charge in [0.25, 0.3) is 0 Å². The summed E-state index contributed by atoms with van der Waals surface area (Å²) in [5, 5.41) is 3.31. The van der Waals surface area contributed by atoms with Crippen molar-refractivity contribution in [1.82, 2.24) is 4.98 Å². The number of aromatic nitrogens is 1. The first-order chi connectivity index (χ1) is 9.13. The number of anilines is 1. The molecule has 1 N–H and O–H groups in total. The van der Waals surface area contributed by atoms with Gasteiger partial charge in [-0.2, -0.15) is 0 Å². The molecule has 0 fully saturated rings. The van der Waals surface area contributed by atoms with Crippen LogP contribution in [-0.2, 0) is 6.54 Å². The van der Waals surface area contributed by atoms with E-state index >= 15 is 0 Å². The molecule has 1 heterocycles. The fraction of sp³-hybridized carbons (Fsp3) is 0.214. The molecule has 19 heavy (non-hydrogen) atoms. The maximum Gasteiger partial charge on any atom is 0.183 e. The van der Waals surface area contributed by atoms with Crippen LogP contribution in [0.15, 0.2) is 42.6 Å². The average molecular weight is 295 g/mol. The molecule has 1 aromatic heterocycles. The van der Waals surface area contributed by atoms with Crippen molar-refractivity contribution >= 4 is 28.6 Å². The monoisotopic (exact) mass is 294 g/mol. The summed E-state index contributed by atoms with van der Waals surface area (Å²) in [7, 11) is 0. The lowest BCUT2D eigenvalue weighted by Crippen LogP contribution is -1.99. The highest BCUT2D eigenvalue weighted by atomic mass is 35.5. The third-order valence-electron chi connectivity index (χ3n) is 2.33. The quantitative estimate of drug-likeness (QED) is 0.804. The Kier molecular flexibility index (Phi) is 4.82. The van der Waals surface area contributed by atoms with Gasteiger partial charge in [-0.3, -0.25) is 0 Å². The van der Waals surface area contributed by atoms with Crippen LogP contribution < -0.4 is 10.1 Å². The molecule has 0 unspecified atom stereocenters. The number of nitrogens with zero attached hydrogens (tertiary/aromatic N) is 1. The molecule has 0 aliphatic rings. The molecule has 2 aromatic rings. The zero-order chi connectivity index (χ0) is 13.7. The SMILES string of the molecule is C=C(C)COc1ccc(NCc2cnc(Cl)s2)cc1. The Hall–Kier alpha value is -1.52. The number of benzene rings is 1. The molecule has 0 aliphatic carbocycles. The third kappa shape index (κ3) is 4.58. The van der Waals surface area contributed by atoms with Crippen molar-refractivity contribution in [2.45, 2.75) is 13.5 Å². The number of nitrogens with one attached hydrogen (secondary N) is 1. The highest BCUT2D eigenvalue weighted by molar-refractivity contribution is 7.15. The van der Waals surface area contributed by atoms with Crippen LogP contribution in [0.25, 0.3) is 0 Å². The van der Waals surface area contributed by atoms with Gasteiger partial charge in [0.15, 0.2) is 4.47 Å². The molecule has 0 bridgehead atoms. The molecule has 0 atom stereocenters. The molecule has 2 rings (SSSR count). The van der Waals surface area contributed by atoms with Gasteiger partial charge in [0.05, 0.1) is 6.54 Å². The van der Waals surface area contributed by atoms with Gasteiger partial charge in [0.2, 0.25) is 0 Å². The minimum atomic E-state index is 0.548. The maximum absolute atomic E-state index is 5.78. The van der Waals surface area contributed by atoms with E-state index in [1.165, 1.54) is 11.3 Å². The molecule has 0 aliphatic heterocycles. The summed E-state index contributed by atoms with van der Waals surface area (Å²) in [5.74, 6) is 0.842. The van der Waals surface area contributed by atoms with Crippen molar-refractivity contribution in [3.8, 4) is 5.75 Å². The maximum atomic E-state index is 5.78. The number of ether oxygens (including phenoxy) is 1. The first kappa shape index (κ1) is 13.9. The van der Waals surface area contributed by atoms with Gasteiger partial charge in [0, 0.05) is 16.8 Å². The van der Waals surface area contributed by atoms with E-state index in [1.807, 2.05) is 31.2 Å². The molecule has 1 aromatic carbocycles. The number of rotatable bonds is 6. The summed E-state index contributed by atoms with van der Waals surface area (Å²) in [6.07, 6.45) is 1.78. The minimum absolute atomic E-state index is 0.548. The van der Waals surface area contributed by atoms with E-state index in [1.54, 1.807) is 6.20 Å². The lowest BCUT2D eigenvalue weighted by molar-refractivity contribution is 0.353. The second kappa shape index (κ2) is 6.59. The Balaban J connectivity index is 1.86. The highest BCUT2D eigenvalue weighted by Gasteiger charge is 2.00. The Morgan fingerprint density at radius 1 is 1.42 bits per heavy atom. The van der Waals surface area contributed by atoms with Gasteiger partial charge in [-0.25, -0.2) is 4.98 Å². The Labute approximate surface area is 121 Å². The van der Waals surface area contributed by atoms with Crippen LogP contribution in [0, 0.1) is 0 Å². The molecular weight excluding hydrogens is 280 g/mol. The largest absolute Gasteiger partial charge is 0.489 e. The molecule has 0 saturated heterocycles. The van der Waals surface area contributed by atoms with Gasteiger partial charge < -0.3 is 10.1 Å². The zero-order valence-electron chi connectivity index (χ0n) is 10.6. The molecule has 5 heteroatoms. The smallest absolute Gasteiger partial charge is 0.183 e. The fourth-order valence-electron chi connectivity index (χ4n) is 1.43. The second-order valence-electron chi connectivity index (χ2n) is 4.20. The summed E-state index contributed by atoms with van der Waals surface area (Å²) < 4.78 is 6.11. The van der Waals surface area contributed by atoms with Crippen molar-refractivity contribution in [2.24, 2.45) is 0 Å². The van der Waals surface area contributed by atoms with E-state index < -0.39 is 0 Å². The molecule has 0 spiro atoms. The molecular formula is C14H15ClN2OS. The van der Waals surface area contributed by atoms with Gasteiger partial charge >= 0.3 is 0 Å². The summed E-state index contributed by atoms with van der Waals surface area (Å²) in [5.41, 5.74) is 2.04. The van der Waals surface area contributed by atoms with E-state index in [-0.39, 0.29) is 0 Å². The molecule has 0 saturated carbocycles. The van der Waals surface area contributed by atoms with E-state index in [2.05, 4.69) is 16.9 Å². The van der Waals surface area contributed by atoms with Crippen molar-refractivity contribution in [2.75, 3.05) is 11.9 Å². The molecule has 100 valence electrons. The topological polar surface area (TPSA) is 34.1 Å². The van der Waals surface area contributed by atoms with Gasteiger partial charge in [-0.15, -0.1) is 11.3 Å². The summed E-state index contributed by atoms with van der Waals surface area (Å²) in [4.78, 5) is 5.10. The highest BCUT2D eigenvalue weighted by Crippen LogP contribution is 2.20. The first-order valence-corrected chi connectivity index (χ1v) is 7.04. The fourth-order valence-corrected chi connectivity index (χ4v) is 2.35. The van der Waals surface area contributed by atoms with Gasteiger partial charge in [0.1, 0.15) is 12.4 Å². The van der Waals surface area contributed by atoms with Crippen molar-refractivity contribution in [3.63, 3.8) is 0 Å². The normalized spacial score (nSPS) is 10.2. The van der Waals surface area contributed by atoms with Crippen LogP contribution in [0.5, 0.6) is 5.75 Å². The van der Waals surface area contributed by atoms with Crippen LogP contribution >= 0.6 is 22.9 Å². The van der Waals surface area contributed by atoms with Gasteiger partial charge in [-0.1, -0.05) is 18.2 Å². The first-order valence-electron chi connectivity index (χ1n) is 5.85. The molecule has 0 radical (unpaired) electrons. The van der Waals surface area contributed by atoms with Crippen molar-refractivity contribution in [3.05, 3.63) is 52.0 Å². The van der Waals surface area contributed by atoms with Crippen LogP contribution in [0.1, 0.15) is 11.8 Å². The number of hydrogen-bond acceptors (Lipinski definition) is 4. The second-order valence-corrected chi connectivity index (χ2v) is 5.90. The molecule has 0 amide bonds. The predicted molar refractivity (Wildman–Crippen MR) is 81.2 cm³/mol. The average Bonchev–Trinajstić information content (AvgIpc) is 2.81. The van der Waals surface area contributed by atoms with E-state index in [0.717, 1.165) is 28.4 Å². The lowest BCUT2D eigenvalue weighted by atomic mass is 10.3. The standard InChI is InChI=1S/C14H15ClN2OS/c1-10(2)9-18-12-5-3-11(4-6-12)16-7-13-8-17-14(15)19-13/h3-6,8,16H,1,7,9H2,2H3. The summed E-state index contributed by atoms with van der Waals surface area (Å²) in [6, 6.07) is 7.84. The number of thiazole rings is 1. The lowest BCUT2D eigenvalue weighted by Gasteiger charge is -2.08. The van der Waals surface area contributed by atoms with E-state index in [4.69, 9.17) is 16.3 Å². The Morgan fingerprint density at radius 2 is 2.16 bits per heavy atom. The predicted octanol–water partition coefficient (Wildman–Crippen LogP) is 4.36. The van der Waals surface area contributed by atoms with E-state index in [9.17, 15) is 0 Å². The van der Waals surface area contributed by atoms with Crippen LogP contribution in [0.2, 0.25) is 4.47 Å². The Bertz CT molecular complexity index is 551. The van der Waals surface area contributed by atoms with E-state index in [0.29, 0.717) is 11.1 Å². The number of hydrogen-bond donors (Lipinski definition) is 1. The van der Waals surface area contributed by atoms with Crippen LogP contribution in [0.3, 0.4) is 0 Å². The zero-order valence-corrected chi connectivity index (χ0v) is 12.2. The third-order valence-corrected chi connectivity index (χ3v) is 3.45. The van der Waals surface area contributed by atoms with Gasteiger partial charge in [-0.05, 0) is 36.8 Å². The van der Waals surface area contributed by atoms with Crippen LogP contribution in [-0.4, -0.2) is 11.6 Å². The Morgan fingerprint density at radius 3 is 2.74 bits per heavy atom.